The average Bonchev–Trinajstić information content (AvgIpc) is 3.16. The molecule has 0 bridgehead atoms. The Morgan fingerprint density at radius 2 is 2.18 bits per heavy atom. The summed E-state index contributed by atoms with van der Waals surface area (Å²) in [6.07, 6.45) is 0.851. The van der Waals surface area contributed by atoms with Crippen LogP contribution in [0.5, 0.6) is 0 Å². The van der Waals surface area contributed by atoms with Crippen molar-refractivity contribution in [2.24, 2.45) is 0 Å². The lowest BCUT2D eigenvalue weighted by Crippen LogP contribution is -2.50. The van der Waals surface area contributed by atoms with E-state index in [2.05, 4.69) is 0 Å². The Labute approximate surface area is 130 Å². The van der Waals surface area contributed by atoms with Gasteiger partial charge in [-0.25, -0.2) is 0 Å². The van der Waals surface area contributed by atoms with E-state index in [1.165, 1.54) is 8.61 Å². The maximum Gasteiger partial charge on any atom is 0.282 e. The molecule has 0 unspecified atom stereocenters. The quantitative estimate of drug-likeness (QED) is 0.833. The van der Waals surface area contributed by atoms with Crippen LogP contribution in [0, 0.1) is 18.3 Å². The van der Waals surface area contributed by atoms with E-state index in [1.807, 2.05) is 25.1 Å². The van der Waals surface area contributed by atoms with Crippen LogP contribution >= 0.6 is 0 Å². The summed E-state index contributed by atoms with van der Waals surface area (Å²) >= 11 is 0. The molecule has 0 aromatic carbocycles. The molecule has 2 aliphatic rings. The van der Waals surface area contributed by atoms with Crippen molar-refractivity contribution in [3.8, 4) is 6.07 Å². The summed E-state index contributed by atoms with van der Waals surface area (Å²) in [6, 6.07) is 5.40. The van der Waals surface area contributed by atoms with Crippen LogP contribution in [0.4, 0.5) is 0 Å². The molecule has 8 heteroatoms. The average molecular weight is 325 g/mol. The molecule has 1 aromatic rings. The normalized spacial score (nSPS) is 27.8. The summed E-state index contributed by atoms with van der Waals surface area (Å²) in [5.41, 5.74) is 0. The van der Waals surface area contributed by atoms with Gasteiger partial charge in [0, 0.05) is 13.1 Å². The lowest BCUT2D eigenvalue weighted by Gasteiger charge is -2.33. The summed E-state index contributed by atoms with van der Waals surface area (Å²) in [4.78, 5) is 0. The zero-order chi connectivity index (χ0) is 15.7. The third-order valence-corrected chi connectivity index (χ3v) is 6.10. The minimum Gasteiger partial charge on any atom is -0.465 e. The van der Waals surface area contributed by atoms with Crippen molar-refractivity contribution in [2.45, 2.75) is 31.9 Å². The number of morpholine rings is 1. The first-order chi connectivity index (χ1) is 10.5. The van der Waals surface area contributed by atoms with Gasteiger partial charge in [-0.05, 0) is 31.9 Å². The molecule has 2 aliphatic heterocycles. The van der Waals surface area contributed by atoms with Crippen molar-refractivity contribution in [2.75, 3.05) is 26.2 Å². The van der Waals surface area contributed by atoms with Crippen molar-refractivity contribution in [3.05, 3.63) is 23.7 Å². The Morgan fingerprint density at radius 1 is 1.36 bits per heavy atom. The summed E-state index contributed by atoms with van der Waals surface area (Å²) in [7, 11) is -3.62. The third kappa shape index (κ3) is 2.77. The maximum atomic E-state index is 12.9. The van der Waals surface area contributed by atoms with E-state index in [4.69, 9.17) is 14.4 Å². The molecule has 2 atom stereocenters. The molecule has 2 fully saturated rings. The Hall–Kier alpha value is -1.40. The van der Waals surface area contributed by atoms with Crippen molar-refractivity contribution < 1.29 is 17.6 Å². The summed E-state index contributed by atoms with van der Waals surface area (Å²) in [6.45, 7) is 2.92. The molecule has 0 radical (unpaired) electrons. The molecule has 0 aliphatic carbocycles. The second-order valence-corrected chi connectivity index (χ2v) is 7.45. The van der Waals surface area contributed by atoms with Crippen molar-refractivity contribution in [3.63, 3.8) is 0 Å². The van der Waals surface area contributed by atoms with E-state index in [1.54, 1.807) is 0 Å². The molecule has 0 saturated carbocycles. The molecule has 3 heterocycles. The number of hydrogen-bond donors (Lipinski definition) is 0. The van der Waals surface area contributed by atoms with Crippen LogP contribution in [0.1, 0.15) is 30.4 Å². The Morgan fingerprint density at radius 3 is 2.86 bits per heavy atom. The highest BCUT2D eigenvalue weighted by molar-refractivity contribution is 7.86. The maximum absolute atomic E-state index is 12.9. The number of hydrogen-bond acceptors (Lipinski definition) is 5. The van der Waals surface area contributed by atoms with E-state index in [0.29, 0.717) is 12.3 Å². The highest BCUT2D eigenvalue weighted by Gasteiger charge is 2.41. The molecule has 120 valence electrons. The first kappa shape index (κ1) is 15.5. The topological polar surface area (TPSA) is 86.8 Å². The summed E-state index contributed by atoms with van der Waals surface area (Å²) in [5.74, 6) is 1.46. The van der Waals surface area contributed by atoms with E-state index < -0.39 is 16.3 Å². The fourth-order valence-corrected chi connectivity index (χ4v) is 4.81. The van der Waals surface area contributed by atoms with Crippen LogP contribution in [-0.4, -0.2) is 49.4 Å². The SMILES string of the molecule is Cc1ccc([C@H]2CCCN2S(=O)(=O)N2CCO[C@@H](C#N)C2)o1. The largest absolute Gasteiger partial charge is 0.465 e. The minimum atomic E-state index is -3.62. The highest BCUT2D eigenvalue weighted by atomic mass is 32.2. The van der Waals surface area contributed by atoms with E-state index in [-0.39, 0.29) is 25.7 Å². The van der Waals surface area contributed by atoms with Gasteiger partial charge in [-0.3, -0.25) is 0 Å². The molecule has 1 aromatic heterocycles. The van der Waals surface area contributed by atoms with Crippen LogP contribution in [0.2, 0.25) is 0 Å². The number of nitrogens with zero attached hydrogens (tertiary/aromatic N) is 3. The molecular weight excluding hydrogens is 306 g/mol. The number of nitriles is 1. The number of rotatable bonds is 3. The second-order valence-electron chi connectivity index (χ2n) is 5.57. The van der Waals surface area contributed by atoms with Gasteiger partial charge in [0.05, 0.1) is 25.3 Å². The molecule has 0 spiro atoms. The van der Waals surface area contributed by atoms with Gasteiger partial charge in [0.25, 0.3) is 10.2 Å². The number of furan rings is 1. The van der Waals surface area contributed by atoms with Gasteiger partial charge < -0.3 is 9.15 Å². The van der Waals surface area contributed by atoms with Crippen LogP contribution in [0.15, 0.2) is 16.5 Å². The number of aryl methyl sites for hydroxylation is 1. The zero-order valence-electron chi connectivity index (χ0n) is 12.4. The van der Waals surface area contributed by atoms with Crippen LogP contribution in [0.3, 0.4) is 0 Å². The summed E-state index contributed by atoms with van der Waals surface area (Å²) < 4.78 is 39.5. The second kappa shape index (κ2) is 6.01. The first-order valence-corrected chi connectivity index (χ1v) is 8.76. The zero-order valence-corrected chi connectivity index (χ0v) is 13.3. The molecule has 2 saturated heterocycles. The van der Waals surface area contributed by atoms with E-state index in [0.717, 1.165) is 18.6 Å². The Bertz CT molecular complexity index is 679. The van der Waals surface area contributed by atoms with Crippen molar-refractivity contribution >= 4 is 10.2 Å². The third-order valence-electron chi connectivity index (χ3n) is 4.09. The van der Waals surface area contributed by atoms with Gasteiger partial charge in [-0.2, -0.15) is 22.3 Å². The van der Waals surface area contributed by atoms with Gasteiger partial charge in [0.15, 0.2) is 6.10 Å². The molecule has 22 heavy (non-hydrogen) atoms. The molecule has 0 N–H and O–H groups in total. The van der Waals surface area contributed by atoms with Crippen molar-refractivity contribution in [1.29, 1.82) is 5.26 Å². The molecule has 3 rings (SSSR count). The highest BCUT2D eigenvalue weighted by Crippen LogP contribution is 2.36. The monoisotopic (exact) mass is 325 g/mol. The lowest BCUT2D eigenvalue weighted by molar-refractivity contribution is 0.0286. The van der Waals surface area contributed by atoms with Gasteiger partial charge in [0.1, 0.15) is 11.5 Å². The van der Waals surface area contributed by atoms with Crippen LogP contribution in [-0.2, 0) is 14.9 Å². The lowest BCUT2D eigenvalue weighted by atomic mass is 10.2. The fraction of sp³-hybridized carbons (Fsp3) is 0.643. The fourth-order valence-electron chi connectivity index (χ4n) is 2.99. The van der Waals surface area contributed by atoms with Crippen LogP contribution in [0.25, 0.3) is 0 Å². The summed E-state index contributed by atoms with van der Waals surface area (Å²) in [5, 5.41) is 8.95. The number of ether oxygens (including phenoxy) is 1. The predicted octanol–water partition coefficient (Wildman–Crippen LogP) is 1.19. The van der Waals surface area contributed by atoms with Crippen molar-refractivity contribution in [1.82, 2.24) is 8.61 Å². The standard InChI is InChI=1S/C14H19N3O4S/c1-11-4-5-14(21-11)13-3-2-6-17(13)22(18,19)16-7-8-20-12(9-15)10-16/h4-5,12-13H,2-3,6-8,10H2,1H3/t12-,13+/m0/s1. The Balaban J connectivity index is 1.83. The predicted molar refractivity (Wildman–Crippen MR) is 78.0 cm³/mol. The van der Waals surface area contributed by atoms with Crippen LogP contribution < -0.4 is 0 Å². The van der Waals surface area contributed by atoms with E-state index >= 15 is 0 Å². The van der Waals surface area contributed by atoms with E-state index in [9.17, 15) is 8.42 Å². The smallest absolute Gasteiger partial charge is 0.282 e. The molecule has 0 amide bonds. The molecular formula is C14H19N3O4S. The van der Waals surface area contributed by atoms with Gasteiger partial charge in [-0.15, -0.1) is 0 Å². The minimum absolute atomic E-state index is 0.0826. The van der Waals surface area contributed by atoms with Gasteiger partial charge in [-0.1, -0.05) is 0 Å². The first-order valence-electron chi connectivity index (χ1n) is 7.37. The Kier molecular flexibility index (Phi) is 4.23. The van der Waals surface area contributed by atoms with Gasteiger partial charge in [0.2, 0.25) is 0 Å². The van der Waals surface area contributed by atoms with Gasteiger partial charge >= 0.3 is 0 Å². The molecule has 7 nitrogen and oxygen atoms in total.